The highest BCUT2D eigenvalue weighted by molar-refractivity contribution is 5.79. The molecule has 114 heavy (non-hydrogen) atoms. The Balaban J connectivity index is 0.000000176. The molecule has 0 spiro atoms. The van der Waals surface area contributed by atoms with E-state index in [0.29, 0.717) is 37.0 Å². The van der Waals surface area contributed by atoms with Crippen LogP contribution in [0.4, 0.5) is 5.69 Å². The molecule has 3 aromatic rings. The molecule has 3 aromatic carbocycles. The quantitative estimate of drug-likeness (QED) is 0.116. The number of aliphatic hydroxyl groups excluding tert-OH is 2. The molecule has 4 aliphatic carbocycles. The van der Waals surface area contributed by atoms with Gasteiger partial charge in [-0.1, -0.05) is 67.1 Å². The number of para-hydroxylation sites is 2. The molecule has 0 aromatic heterocycles. The Morgan fingerprint density at radius 2 is 0.842 bits per heavy atom. The van der Waals surface area contributed by atoms with Crippen LogP contribution in [0.1, 0.15) is 172 Å². The van der Waals surface area contributed by atoms with Gasteiger partial charge in [-0.05, 0) is 330 Å². The lowest BCUT2D eigenvalue weighted by Crippen LogP contribution is -2.51. The predicted octanol–water partition coefficient (Wildman–Crippen LogP) is 10.6. The SMILES string of the molecule is CCOC(=O)C1CCCN1C.CCOC(=O)C1CCCN1C.CN1CCC(O)CC1.CN1CCCC1C(=O)OC1C2CC3CC(C2)CC1C3.CN1CCCC1C(=O)Oc1ccccc1.CN1CCCC1O.CN1CCCCC1.CN1CCOCC1.CN1CCc2ccccc21.CN1CCc2ccccc2C1.COC1CCCN1C. The molecule has 646 valence electrons. The molecule has 13 fully saturated rings. The van der Waals surface area contributed by atoms with Crippen LogP contribution in [0.15, 0.2) is 78.9 Å². The van der Waals surface area contributed by atoms with Crippen molar-refractivity contribution in [2.24, 2.45) is 23.7 Å². The number of aliphatic hydroxyl groups is 2. The monoisotopic (exact) mass is 1590 g/mol. The zero-order valence-electron chi connectivity index (χ0n) is 73.2. The molecule has 6 unspecified atom stereocenters. The molecule has 11 aliphatic heterocycles. The van der Waals surface area contributed by atoms with Crippen LogP contribution >= 0.6 is 0 Å². The van der Waals surface area contributed by atoms with Gasteiger partial charge < -0.3 is 63.1 Å². The Morgan fingerprint density at radius 3 is 1.25 bits per heavy atom. The zero-order chi connectivity index (χ0) is 82.3. The van der Waals surface area contributed by atoms with E-state index in [1.54, 1.807) is 19.2 Å². The van der Waals surface area contributed by atoms with E-state index in [1.165, 1.54) is 132 Å². The summed E-state index contributed by atoms with van der Waals surface area (Å²) in [5.41, 5.74) is 5.93. The number of hydrogen-bond donors (Lipinski definition) is 2. The van der Waals surface area contributed by atoms with Crippen LogP contribution in [0, 0.1) is 23.7 Å². The molecule has 4 bridgehead atoms. The molecule has 0 amide bonds. The topological polar surface area (TPSA) is 200 Å². The van der Waals surface area contributed by atoms with Gasteiger partial charge in [0.2, 0.25) is 0 Å². The normalized spacial score (nSPS) is 28.2. The molecule has 23 heteroatoms. The number of piperidine rings is 2. The van der Waals surface area contributed by atoms with Gasteiger partial charge in [0.1, 0.15) is 48.5 Å². The number of hydrogen-bond acceptors (Lipinski definition) is 23. The molecule has 4 saturated carbocycles. The molecule has 18 rings (SSSR count). The number of carbonyl (C=O) groups is 4. The van der Waals surface area contributed by atoms with E-state index in [-0.39, 0.29) is 66.5 Å². The highest BCUT2D eigenvalue weighted by Crippen LogP contribution is 2.55. The lowest BCUT2D eigenvalue weighted by molar-refractivity contribution is -0.175. The molecule has 23 nitrogen and oxygen atoms in total. The number of ether oxygens (including phenoxy) is 6. The first kappa shape index (κ1) is 95.9. The summed E-state index contributed by atoms with van der Waals surface area (Å²) in [6, 6.07) is 26.6. The summed E-state index contributed by atoms with van der Waals surface area (Å²) in [7, 11) is 24.5. The molecule has 2 N–H and O–H groups in total. The number of nitrogens with zero attached hydrogens (tertiary/aromatic N) is 11. The van der Waals surface area contributed by atoms with Crippen molar-refractivity contribution in [3.63, 3.8) is 0 Å². The minimum atomic E-state index is -0.153. The average molecular weight is 1600 g/mol. The summed E-state index contributed by atoms with van der Waals surface area (Å²) in [6.45, 7) is 23.2. The van der Waals surface area contributed by atoms with Crippen LogP contribution in [0.5, 0.6) is 5.75 Å². The number of esters is 4. The standard InChI is InChI=1S/C16H25NO2.C12H15NO2.C10H13N.C9H11N.2C8H15NO2.2C6H13NO.C6H13N.2C5H11NO/c1-17-4-2-3-14(17)16(18)19-15-12-6-10-5-11(8-12)9-13(15)7-10;1-13-9-5-8-11(13)12(14)15-10-6-3-2-4-7-10;1-11-7-6-9-4-2-3-5-10(9)8-11;1-10-7-6-8-4-2-3-5-9(8)10;2*1-3-11-8(10)7-5-4-6-9(7)2;1-7-5-3-4-6(7)8-2;1-7-4-2-6(8)3-5-7;1-7-5-3-2-4-6-7;1-6-2-4-7-5-3-6;1-6-4-2-3-5(6)7/h10-15H,2-9H2,1H3;2-4,6-7,11H,5,8-9H2,1H3;2-5H,6-8H2,1H3;2-5H,6-7H2,1H3;2*7H,3-6H2,1-2H3;6H,3-5H2,1-2H3;6,8H,2-5H2,1H3;2-6H2,1H3;2-5H2,1H3;5,7H,2-4H2,1H3. The summed E-state index contributed by atoms with van der Waals surface area (Å²) in [4.78, 5) is 70.6. The number of benzene rings is 3. The number of likely N-dealkylation sites (N-methyl/N-ethyl adjacent to an activating group) is 7. The highest BCUT2D eigenvalue weighted by Gasteiger charge is 2.50. The molecular formula is C91H155N11O12. The van der Waals surface area contributed by atoms with Crippen molar-refractivity contribution in [2.75, 3.05) is 208 Å². The van der Waals surface area contributed by atoms with Crippen molar-refractivity contribution < 1.29 is 57.8 Å². The predicted molar refractivity (Wildman–Crippen MR) is 458 cm³/mol. The minimum absolute atomic E-state index is 0.0220. The Kier molecular flexibility index (Phi) is 44.3. The summed E-state index contributed by atoms with van der Waals surface area (Å²) in [6.07, 6.45) is 28.7. The largest absolute Gasteiger partial charge is 0.465 e. The molecule has 6 atom stereocenters. The van der Waals surface area contributed by atoms with Gasteiger partial charge in [-0.2, -0.15) is 0 Å². The van der Waals surface area contributed by atoms with Crippen LogP contribution < -0.4 is 9.64 Å². The fraction of sp³-hybridized carbons (Fsp3) is 0.758. The third kappa shape index (κ3) is 33.5. The first-order valence-electron chi connectivity index (χ1n) is 44.0. The summed E-state index contributed by atoms with van der Waals surface area (Å²) < 4.78 is 31.4. The second-order valence-electron chi connectivity index (χ2n) is 34.4. The van der Waals surface area contributed by atoms with Gasteiger partial charge in [-0.25, -0.2) is 4.79 Å². The van der Waals surface area contributed by atoms with Crippen LogP contribution in [0.2, 0.25) is 0 Å². The second kappa shape index (κ2) is 52.6. The zero-order valence-corrected chi connectivity index (χ0v) is 73.2. The lowest BCUT2D eigenvalue weighted by Gasteiger charge is -2.53. The van der Waals surface area contributed by atoms with Crippen LogP contribution in [0.3, 0.4) is 0 Å². The number of morpholine rings is 1. The Labute approximate surface area is 688 Å². The maximum Gasteiger partial charge on any atom is 0.328 e. The van der Waals surface area contributed by atoms with E-state index >= 15 is 0 Å². The first-order valence-corrected chi connectivity index (χ1v) is 44.0. The number of rotatable bonds is 9. The third-order valence-electron chi connectivity index (χ3n) is 25.2. The van der Waals surface area contributed by atoms with Gasteiger partial charge in [0.05, 0.1) is 32.5 Å². The minimum Gasteiger partial charge on any atom is -0.465 e. The van der Waals surface area contributed by atoms with E-state index in [9.17, 15) is 19.2 Å². The summed E-state index contributed by atoms with van der Waals surface area (Å²) in [5.74, 6) is 3.71. The summed E-state index contributed by atoms with van der Waals surface area (Å²) >= 11 is 0. The number of anilines is 1. The van der Waals surface area contributed by atoms with Gasteiger partial charge in [0.15, 0.2) is 0 Å². The Bertz CT molecular complexity index is 3050. The maximum absolute atomic E-state index is 12.4. The highest BCUT2D eigenvalue weighted by atomic mass is 16.6. The second-order valence-corrected chi connectivity index (χ2v) is 34.4. The summed E-state index contributed by atoms with van der Waals surface area (Å²) in [5, 5.41) is 17.9. The van der Waals surface area contributed by atoms with Crippen molar-refractivity contribution in [1.29, 1.82) is 0 Å². The van der Waals surface area contributed by atoms with Crippen LogP contribution in [-0.2, 0) is 62.2 Å². The number of methoxy groups -OCH3 is 1. The Hall–Kier alpha value is -5.22. The van der Waals surface area contributed by atoms with E-state index in [2.05, 4.69) is 142 Å². The van der Waals surface area contributed by atoms with Gasteiger partial charge >= 0.3 is 23.9 Å². The molecule has 15 aliphatic rings. The smallest absolute Gasteiger partial charge is 0.328 e. The maximum atomic E-state index is 12.4. The van der Waals surface area contributed by atoms with Gasteiger partial charge in [-0.3, -0.25) is 43.8 Å². The third-order valence-corrected chi connectivity index (χ3v) is 25.2. The van der Waals surface area contributed by atoms with Gasteiger partial charge in [-0.15, -0.1) is 0 Å². The van der Waals surface area contributed by atoms with Crippen molar-refractivity contribution in [2.45, 2.75) is 223 Å². The van der Waals surface area contributed by atoms with E-state index in [1.807, 2.05) is 70.0 Å². The van der Waals surface area contributed by atoms with Crippen molar-refractivity contribution in [3.8, 4) is 5.75 Å². The number of fused-ring (bicyclic) bond motifs is 2. The Morgan fingerprint density at radius 1 is 0.404 bits per heavy atom. The fourth-order valence-corrected chi connectivity index (χ4v) is 18.2. The number of carbonyl (C=O) groups excluding carboxylic acids is 4. The van der Waals surface area contributed by atoms with Crippen LogP contribution in [-0.4, -0.2) is 335 Å². The van der Waals surface area contributed by atoms with Crippen molar-refractivity contribution in [3.05, 3.63) is 95.6 Å². The van der Waals surface area contributed by atoms with Crippen molar-refractivity contribution >= 4 is 29.6 Å². The van der Waals surface area contributed by atoms with E-state index in [0.717, 1.165) is 168 Å². The lowest BCUT2D eigenvalue weighted by atomic mass is 9.55. The molecule has 0 radical (unpaired) electrons. The number of likely N-dealkylation sites (tertiary alicyclic amines) is 8. The molecular weight excluding hydrogens is 1440 g/mol. The van der Waals surface area contributed by atoms with Crippen LogP contribution in [0.25, 0.3) is 0 Å². The fourth-order valence-electron chi connectivity index (χ4n) is 18.2. The van der Waals surface area contributed by atoms with Crippen molar-refractivity contribution in [1.82, 2.24) is 49.0 Å². The first-order chi connectivity index (χ1) is 54.9. The van der Waals surface area contributed by atoms with E-state index < -0.39 is 0 Å². The van der Waals surface area contributed by atoms with E-state index in [4.69, 9.17) is 38.6 Å². The van der Waals surface area contributed by atoms with Gasteiger partial charge in [0.25, 0.3) is 0 Å². The average Bonchev–Trinajstić information content (AvgIpc) is 0.899. The van der Waals surface area contributed by atoms with Gasteiger partial charge in [0, 0.05) is 78.7 Å². The molecule has 9 saturated heterocycles. The molecule has 11 heterocycles.